The lowest BCUT2D eigenvalue weighted by molar-refractivity contribution is -0.234. The molecule has 1 aliphatic heterocycles. The number of carboxylic acids is 1. The number of nitrogens with one attached hydrogen (secondary N) is 1. The van der Waals surface area contributed by atoms with Crippen LogP contribution in [0, 0.1) is 5.92 Å². The molecule has 0 radical (unpaired) electrons. The molecule has 1 atom stereocenters. The van der Waals surface area contributed by atoms with Gasteiger partial charge in [-0.3, -0.25) is 19.8 Å². The molecule has 160 valence electrons. The van der Waals surface area contributed by atoms with E-state index in [1.54, 1.807) is 12.1 Å². The number of carbonyl (C=O) groups excluding carboxylic acids is 3. The minimum atomic E-state index is -0.834. The van der Waals surface area contributed by atoms with Gasteiger partial charge in [0.25, 0.3) is 11.8 Å². The van der Waals surface area contributed by atoms with Crippen molar-refractivity contribution in [1.82, 2.24) is 5.43 Å². The van der Waals surface area contributed by atoms with Crippen molar-refractivity contribution in [3.05, 3.63) is 30.3 Å². The standard InChI is InChI=1S/C13H16N2O2.C7H12O5/c1-2-3-9-11-12(16)14-15(13(11)17)10-7-5-4-6-8-10;8-6(9)4-2-1-3-5-7(10)12-11/h4-8,11H,2-3,9H2,1H3,(H,14,16);11H,1-5H2,(H,8,9). The molecule has 0 aliphatic carbocycles. The van der Waals surface area contributed by atoms with Crippen LogP contribution in [-0.2, 0) is 24.1 Å². The minimum Gasteiger partial charge on any atom is -0.481 e. The van der Waals surface area contributed by atoms with Gasteiger partial charge in [-0.15, -0.1) is 0 Å². The number of hydrogen-bond acceptors (Lipinski definition) is 6. The smallest absolute Gasteiger partial charge is 0.342 e. The van der Waals surface area contributed by atoms with E-state index in [4.69, 9.17) is 10.4 Å². The van der Waals surface area contributed by atoms with E-state index in [9.17, 15) is 19.2 Å². The Bertz CT molecular complexity index is 679. The number of nitrogens with zero attached hydrogens (tertiary/aromatic N) is 1. The first-order valence-corrected chi connectivity index (χ1v) is 9.66. The average Bonchev–Trinajstić information content (AvgIpc) is 3.00. The van der Waals surface area contributed by atoms with E-state index in [2.05, 4.69) is 10.3 Å². The summed E-state index contributed by atoms with van der Waals surface area (Å²) in [5, 5.41) is 17.4. The number of benzene rings is 1. The molecule has 1 aromatic rings. The molecule has 1 heterocycles. The van der Waals surface area contributed by atoms with Gasteiger partial charge in [-0.25, -0.2) is 9.80 Å². The minimum absolute atomic E-state index is 0.119. The summed E-state index contributed by atoms with van der Waals surface area (Å²) in [5.74, 6) is -2.36. The number of aliphatic carboxylic acids is 1. The van der Waals surface area contributed by atoms with Crippen LogP contribution in [0.25, 0.3) is 0 Å². The van der Waals surface area contributed by atoms with Crippen LogP contribution in [0.2, 0.25) is 0 Å². The summed E-state index contributed by atoms with van der Waals surface area (Å²) in [6.07, 6.45) is 4.52. The fourth-order valence-corrected chi connectivity index (χ4v) is 2.71. The number of carbonyl (C=O) groups is 4. The molecule has 29 heavy (non-hydrogen) atoms. The Morgan fingerprint density at radius 2 is 1.72 bits per heavy atom. The third-order valence-corrected chi connectivity index (χ3v) is 4.29. The van der Waals surface area contributed by atoms with Gasteiger partial charge in [0.2, 0.25) is 0 Å². The first kappa shape index (κ1) is 24.1. The van der Waals surface area contributed by atoms with Crippen LogP contribution < -0.4 is 10.4 Å². The Morgan fingerprint density at radius 1 is 1.07 bits per heavy atom. The quantitative estimate of drug-likeness (QED) is 0.235. The Kier molecular flexibility index (Phi) is 11.0. The van der Waals surface area contributed by atoms with E-state index in [0.29, 0.717) is 31.4 Å². The Morgan fingerprint density at radius 3 is 2.31 bits per heavy atom. The van der Waals surface area contributed by atoms with Crippen molar-refractivity contribution >= 4 is 29.4 Å². The number of carboxylic acid groups (broad SMARTS) is 1. The predicted molar refractivity (Wildman–Crippen MR) is 105 cm³/mol. The van der Waals surface area contributed by atoms with Crippen molar-refractivity contribution in [3.8, 4) is 0 Å². The molecule has 1 aliphatic rings. The maximum absolute atomic E-state index is 12.1. The van der Waals surface area contributed by atoms with Crippen molar-refractivity contribution < 1.29 is 34.4 Å². The van der Waals surface area contributed by atoms with Gasteiger partial charge in [-0.2, -0.15) is 5.26 Å². The zero-order chi connectivity index (χ0) is 21.6. The molecule has 9 heteroatoms. The average molecular weight is 408 g/mol. The van der Waals surface area contributed by atoms with Crippen molar-refractivity contribution in [3.63, 3.8) is 0 Å². The second-order valence-electron chi connectivity index (χ2n) is 6.60. The molecule has 3 N–H and O–H groups in total. The first-order chi connectivity index (χ1) is 13.9. The lowest BCUT2D eigenvalue weighted by atomic mass is 10.0. The van der Waals surface area contributed by atoms with Gasteiger partial charge in [-0.05, 0) is 31.4 Å². The fraction of sp³-hybridized carbons (Fsp3) is 0.500. The summed E-state index contributed by atoms with van der Waals surface area (Å²) in [6.45, 7) is 2.05. The van der Waals surface area contributed by atoms with Crippen LogP contribution in [0.1, 0.15) is 58.3 Å². The van der Waals surface area contributed by atoms with Crippen LogP contribution in [-0.4, -0.2) is 34.1 Å². The zero-order valence-electron chi connectivity index (χ0n) is 16.5. The maximum atomic E-state index is 12.1. The van der Waals surface area contributed by atoms with Gasteiger partial charge in [-0.1, -0.05) is 44.4 Å². The van der Waals surface area contributed by atoms with E-state index in [1.165, 1.54) is 5.01 Å². The van der Waals surface area contributed by atoms with Gasteiger partial charge in [0.1, 0.15) is 5.92 Å². The summed E-state index contributed by atoms with van der Waals surface area (Å²) < 4.78 is 0. The van der Waals surface area contributed by atoms with Crippen LogP contribution in [0.15, 0.2) is 30.3 Å². The Labute approximate surface area is 169 Å². The maximum Gasteiger partial charge on any atom is 0.342 e. The molecule has 9 nitrogen and oxygen atoms in total. The molecular formula is C20H28N2O7. The highest BCUT2D eigenvalue weighted by atomic mass is 17.1. The van der Waals surface area contributed by atoms with Crippen molar-refractivity contribution in [2.24, 2.45) is 5.92 Å². The van der Waals surface area contributed by atoms with Crippen LogP contribution in [0.3, 0.4) is 0 Å². The third-order valence-electron chi connectivity index (χ3n) is 4.29. The summed E-state index contributed by atoms with van der Waals surface area (Å²) in [4.78, 5) is 47.5. The van der Waals surface area contributed by atoms with Gasteiger partial charge in [0.15, 0.2) is 0 Å². The highest BCUT2D eigenvalue weighted by molar-refractivity contribution is 6.14. The molecule has 2 rings (SSSR count). The highest BCUT2D eigenvalue weighted by Crippen LogP contribution is 2.22. The van der Waals surface area contributed by atoms with E-state index in [0.717, 1.165) is 12.8 Å². The van der Waals surface area contributed by atoms with E-state index in [1.807, 2.05) is 25.1 Å². The topological polar surface area (TPSA) is 133 Å². The monoisotopic (exact) mass is 408 g/mol. The normalized spacial score (nSPS) is 15.4. The van der Waals surface area contributed by atoms with E-state index >= 15 is 0 Å². The van der Waals surface area contributed by atoms with Crippen LogP contribution in [0.4, 0.5) is 5.69 Å². The summed E-state index contributed by atoms with van der Waals surface area (Å²) in [7, 11) is 0. The van der Waals surface area contributed by atoms with E-state index < -0.39 is 17.9 Å². The number of anilines is 1. The molecule has 0 aromatic heterocycles. The number of hydrogen-bond donors (Lipinski definition) is 3. The second kappa shape index (κ2) is 13.3. The number of para-hydroxylation sites is 1. The highest BCUT2D eigenvalue weighted by Gasteiger charge is 2.39. The molecule has 2 amide bonds. The molecule has 0 bridgehead atoms. The lowest BCUT2D eigenvalue weighted by Gasteiger charge is -2.14. The van der Waals surface area contributed by atoms with Crippen molar-refractivity contribution in [1.29, 1.82) is 0 Å². The number of hydrazine groups is 1. The van der Waals surface area contributed by atoms with Gasteiger partial charge in [0.05, 0.1) is 5.69 Å². The second-order valence-corrected chi connectivity index (χ2v) is 6.60. The summed E-state index contributed by atoms with van der Waals surface area (Å²) >= 11 is 0. The SMILES string of the molecule is CCCCC1C(=O)NN(c2ccccc2)C1=O.O=C(O)CCCCCC(=O)OO. The molecule has 1 unspecified atom stereocenters. The number of unbranched alkanes of at least 4 members (excludes halogenated alkanes) is 3. The van der Waals surface area contributed by atoms with Crippen molar-refractivity contribution in [2.45, 2.75) is 58.3 Å². The molecule has 0 spiro atoms. The van der Waals surface area contributed by atoms with E-state index in [-0.39, 0.29) is 24.7 Å². The molecule has 1 fully saturated rings. The lowest BCUT2D eigenvalue weighted by Crippen LogP contribution is -2.35. The predicted octanol–water partition coefficient (Wildman–Crippen LogP) is 2.91. The number of amides is 2. The number of rotatable bonds is 10. The van der Waals surface area contributed by atoms with Gasteiger partial charge >= 0.3 is 11.9 Å². The summed E-state index contributed by atoms with van der Waals surface area (Å²) in [5.41, 5.74) is 3.34. The van der Waals surface area contributed by atoms with Crippen molar-refractivity contribution in [2.75, 3.05) is 5.01 Å². The molecule has 1 aromatic carbocycles. The third kappa shape index (κ3) is 8.73. The van der Waals surface area contributed by atoms with Gasteiger partial charge < -0.3 is 9.99 Å². The Hall–Kier alpha value is -2.94. The van der Waals surface area contributed by atoms with Gasteiger partial charge in [0, 0.05) is 12.8 Å². The van der Waals surface area contributed by atoms with Crippen LogP contribution >= 0.6 is 0 Å². The largest absolute Gasteiger partial charge is 0.481 e. The first-order valence-electron chi connectivity index (χ1n) is 9.66. The fourth-order valence-electron chi connectivity index (χ4n) is 2.71. The summed E-state index contributed by atoms with van der Waals surface area (Å²) in [6, 6.07) is 9.17. The molecule has 1 saturated heterocycles. The zero-order valence-corrected chi connectivity index (χ0v) is 16.5. The van der Waals surface area contributed by atoms with Crippen LogP contribution in [0.5, 0.6) is 0 Å². The molecular weight excluding hydrogens is 380 g/mol. The Balaban J connectivity index is 0.000000311. The molecule has 0 saturated carbocycles.